The van der Waals surface area contributed by atoms with Crippen LogP contribution in [0.1, 0.15) is 39.2 Å². The second-order valence-corrected chi connectivity index (χ2v) is 7.05. The fourth-order valence-corrected chi connectivity index (χ4v) is 3.01. The molecule has 1 aliphatic heterocycles. The molecule has 0 spiro atoms. The third-order valence-electron chi connectivity index (χ3n) is 4.46. The van der Waals surface area contributed by atoms with E-state index in [1.165, 1.54) is 5.56 Å². The fourth-order valence-electron chi connectivity index (χ4n) is 3.01. The standard InChI is InChI=1S/C18H29N3O.2ClH/c1-15(19)9-10-17(22)20-11-12-21(18(2,3)14-20)13-16-7-5-4-6-8-16;;/h4-8,15H,9-14,19H2,1-3H3;2*1H. The van der Waals surface area contributed by atoms with Gasteiger partial charge in [0.1, 0.15) is 0 Å². The number of nitrogens with two attached hydrogens (primary N) is 1. The maximum Gasteiger partial charge on any atom is 0.222 e. The van der Waals surface area contributed by atoms with Crippen molar-refractivity contribution >= 4 is 30.7 Å². The van der Waals surface area contributed by atoms with Gasteiger partial charge in [0, 0.05) is 44.2 Å². The largest absolute Gasteiger partial charge is 0.340 e. The van der Waals surface area contributed by atoms with E-state index < -0.39 is 0 Å². The topological polar surface area (TPSA) is 49.6 Å². The third kappa shape index (κ3) is 6.60. The first-order valence-corrected chi connectivity index (χ1v) is 8.21. The number of amides is 1. The SMILES string of the molecule is CC(N)CCC(=O)N1CCN(Cc2ccccc2)C(C)(C)C1.Cl.Cl. The Kier molecular flexibility index (Phi) is 9.90. The second kappa shape index (κ2) is 10.2. The van der Waals surface area contributed by atoms with Gasteiger partial charge >= 0.3 is 0 Å². The number of rotatable bonds is 5. The first-order valence-electron chi connectivity index (χ1n) is 8.21. The summed E-state index contributed by atoms with van der Waals surface area (Å²) in [5.41, 5.74) is 7.08. The lowest BCUT2D eigenvalue weighted by molar-refractivity contribution is -0.136. The van der Waals surface area contributed by atoms with Crippen molar-refractivity contribution in [1.29, 1.82) is 0 Å². The first kappa shape index (κ1) is 23.2. The summed E-state index contributed by atoms with van der Waals surface area (Å²) >= 11 is 0. The van der Waals surface area contributed by atoms with Crippen LogP contribution in [0.2, 0.25) is 0 Å². The van der Waals surface area contributed by atoms with E-state index in [0.717, 1.165) is 32.6 Å². The number of benzene rings is 1. The van der Waals surface area contributed by atoms with Crippen LogP contribution in [0.5, 0.6) is 0 Å². The van der Waals surface area contributed by atoms with Crippen LogP contribution in [0.25, 0.3) is 0 Å². The molecule has 2 rings (SSSR count). The van der Waals surface area contributed by atoms with Gasteiger partial charge in [-0.1, -0.05) is 30.3 Å². The highest BCUT2D eigenvalue weighted by Gasteiger charge is 2.35. The van der Waals surface area contributed by atoms with Gasteiger partial charge in [0.05, 0.1) is 0 Å². The molecule has 0 bridgehead atoms. The van der Waals surface area contributed by atoms with Crippen molar-refractivity contribution in [3.63, 3.8) is 0 Å². The number of carbonyl (C=O) groups excluding carboxylic acids is 1. The van der Waals surface area contributed by atoms with Gasteiger partial charge in [0.15, 0.2) is 0 Å². The van der Waals surface area contributed by atoms with Gasteiger partial charge < -0.3 is 10.6 Å². The molecule has 1 fully saturated rings. The third-order valence-corrected chi connectivity index (χ3v) is 4.46. The van der Waals surface area contributed by atoms with Crippen LogP contribution in [0.3, 0.4) is 0 Å². The molecular formula is C18H31Cl2N3O. The molecule has 0 radical (unpaired) electrons. The minimum atomic E-state index is -0.00190. The van der Waals surface area contributed by atoms with Crippen molar-refractivity contribution in [3.05, 3.63) is 35.9 Å². The summed E-state index contributed by atoms with van der Waals surface area (Å²) in [6.07, 6.45) is 1.33. The number of piperazine rings is 1. The van der Waals surface area contributed by atoms with Gasteiger partial charge in [-0.05, 0) is 32.8 Å². The lowest BCUT2D eigenvalue weighted by Crippen LogP contribution is -2.60. The Morgan fingerprint density at radius 3 is 2.38 bits per heavy atom. The predicted octanol–water partition coefficient (Wildman–Crippen LogP) is 3.08. The summed E-state index contributed by atoms with van der Waals surface area (Å²) in [4.78, 5) is 16.8. The van der Waals surface area contributed by atoms with Crippen LogP contribution in [0, 0.1) is 0 Å². The summed E-state index contributed by atoms with van der Waals surface area (Å²) in [5.74, 6) is 0.240. The van der Waals surface area contributed by atoms with E-state index in [2.05, 4.69) is 43.0 Å². The van der Waals surface area contributed by atoms with Gasteiger partial charge in [-0.25, -0.2) is 0 Å². The summed E-state index contributed by atoms with van der Waals surface area (Å²) in [5, 5.41) is 0. The molecule has 1 heterocycles. The van der Waals surface area contributed by atoms with Crippen LogP contribution in [0.4, 0.5) is 0 Å². The van der Waals surface area contributed by atoms with Crippen molar-refractivity contribution < 1.29 is 4.79 Å². The number of hydrogen-bond donors (Lipinski definition) is 1. The van der Waals surface area contributed by atoms with E-state index in [9.17, 15) is 4.79 Å². The van der Waals surface area contributed by atoms with Gasteiger partial charge in [0.25, 0.3) is 0 Å². The molecule has 1 aliphatic rings. The zero-order valence-corrected chi connectivity index (χ0v) is 16.5. The lowest BCUT2D eigenvalue weighted by Gasteiger charge is -2.47. The van der Waals surface area contributed by atoms with Gasteiger partial charge in [0.2, 0.25) is 5.91 Å². The van der Waals surface area contributed by atoms with Crippen molar-refractivity contribution in [2.75, 3.05) is 19.6 Å². The number of carbonyl (C=O) groups is 1. The van der Waals surface area contributed by atoms with Crippen LogP contribution < -0.4 is 5.73 Å². The molecule has 1 aromatic rings. The van der Waals surface area contributed by atoms with E-state index in [0.29, 0.717) is 6.42 Å². The average Bonchev–Trinajstić information content (AvgIpc) is 2.47. The van der Waals surface area contributed by atoms with Crippen molar-refractivity contribution in [1.82, 2.24) is 9.80 Å². The van der Waals surface area contributed by atoms with Crippen molar-refractivity contribution in [2.24, 2.45) is 5.73 Å². The summed E-state index contributed by atoms with van der Waals surface area (Å²) in [7, 11) is 0. The van der Waals surface area contributed by atoms with Gasteiger partial charge in [-0.3, -0.25) is 9.69 Å². The van der Waals surface area contributed by atoms with Crippen LogP contribution >= 0.6 is 24.8 Å². The minimum absolute atomic E-state index is 0. The van der Waals surface area contributed by atoms with Crippen LogP contribution in [-0.4, -0.2) is 46.9 Å². The summed E-state index contributed by atoms with van der Waals surface area (Å²) in [6, 6.07) is 10.6. The highest BCUT2D eigenvalue weighted by Crippen LogP contribution is 2.24. The zero-order valence-electron chi connectivity index (χ0n) is 14.9. The molecule has 0 aromatic heterocycles. The smallest absolute Gasteiger partial charge is 0.222 e. The second-order valence-electron chi connectivity index (χ2n) is 7.05. The van der Waals surface area contributed by atoms with Crippen molar-refractivity contribution in [3.8, 4) is 0 Å². The fraction of sp³-hybridized carbons (Fsp3) is 0.611. The maximum atomic E-state index is 12.3. The Morgan fingerprint density at radius 1 is 1.21 bits per heavy atom. The Bertz CT molecular complexity index is 494. The lowest BCUT2D eigenvalue weighted by atomic mass is 9.97. The minimum Gasteiger partial charge on any atom is -0.340 e. The normalized spacial score (nSPS) is 18.2. The summed E-state index contributed by atoms with van der Waals surface area (Å²) < 4.78 is 0. The molecule has 2 N–H and O–H groups in total. The Labute approximate surface area is 158 Å². The Balaban J connectivity index is 0.00000264. The highest BCUT2D eigenvalue weighted by molar-refractivity contribution is 5.85. The Hall–Kier alpha value is -0.810. The monoisotopic (exact) mass is 375 g/mol. The molecule has 1 atom stereocenters. The molecule has 0 aliphatic carbocycles. The molecule has 1 unspecified atom stereocenters. The molecule has 24 heavy (non-hydrogen) atoms. The highest BCUT2D eigenvalue weighted by atomic mass is 35.5. The maximum absolute atomic E-state index is 12.3. The Morgan fingerprint density at radius 2 is 1.83 bits per heavy atom. The number of halogens is 2. The molecule has 6 heteroatoms. The molecule has 1 aromatic carbocycles. The van der Waals surface area contributed by atoms with E-state index in [1.807, 2.05) is 17.9 Å². The van der Waals surface area contributed by atoms with Gasteiger partial charge in [-0.15, -0.1) is 24.8 Å². The number of nitrogens with zero attached hydrogens (tertiary/aromatic N) is 2. The quantitative estimate of drug-likeness (QED) is 0.859. The van der Waals surface area contributed by atoms with E-state index >= 15 is 0 Å². The van der Waals surface area contributed by atoms with Crippen LogP contribution in [-0.2, 0) is 11.3 Å². The first-order chi connectivity index (χ1) is 10.4. The summed E-state index contributed by atoms with van der Waals surface area (Å²) in [6.45, 7) is 9.87. The van der Waals surface area contributed by atoms with Crippen molar-refractivity contribution in [2.45, 2.75) is 51.7 Å². The molecule has 4 nitrogen and oxygen atoms in total. The van der Waals surface area contributed by atoms with E-state index in [-0.39, 0.29) is 42.3 Å². The molecular weight excluding hydrogens is 345 g/mol. The van der Waals surface area contributed by atoms with Crippen LogP contribution in [0.15, 0.2) is 30.3 Å². The zero-order chi connectivity index (χ0) is 16.2. The van der Waals surface area contributed by atoms with E-state index in [4.69, 9.17) is 5.73 Å². The van der Waals surface area contributed by atoms with Gasteiger partial charge in [-0.2, -0.15) is 0 Å². The number of hydrogen-bond acceptors (Lipinski definition) is 3. The molecule has 1 saturated heterocycles. The molecule has 138 valence electrons. The predicted molar refractivity (Wildman–Crippen MR) is 105 cm³/mol. The molecule has 1 amide bonds. The van der Waals surface area contributed by atoms with E-state index in [1.54, 1.807) is 0 Å². The molecule has 0 saturated carbocycles. The average molecular weight is 376 g/mol.